The van der Waals surface area contributed by atoms with Crippen LogP contribution in [0.3, 0.4) is 0 Å². The van der Waals surface area contributed by atoms with Crippen LogP contribution in [0.5, 0.6) is 5.75 Å². The molecule has 0 bridgehead atoms. The highest BCUT2D eigenvalue weighted by Crippen LogP contribution is 2.24. The third-order valence-electron chi connectivity index (χ3n) is 4.51. The van der Waals surface area contributed by atoms with E-state index in [4.69, 9.17) is 4.74 Å². The first-order valence-corrected chi connectivity index (χ1v) is 9.58. The third-order valence-corrected chi connectivity index (χ3v) is 4.51. The first-order chi connectivity index (χ1) is 13.8. The van der Waals surface area contributed by atoms with Crippen molar-refractivity contribution in [1.29, 1.82) is 0 Å². The number of para-hydroxylation sites is 2. The second kappa shape index (κ2) is 10.5. The zero-order valence-electron chi connectivity index (χ0n) is 17.7. The number of hydrogen-bond acceptors (Lipinski definition) is 5. The van der Waals surface area contributed by atoms with E-state index in [9.17, 15) is 9.59 Å². The van der Waals surface area contributed by atoms with Crippen molar-refractivity contribution in [2.24, 2.45) is 0 Å². The van der Waals surface area contributed by atoms with Crippen LogP contribution in [-0.4, -0.2) is 58.1 Å². The fourth-order valence-corrected chi connectivity index (χ4v) is 2.89. The lowest BCUT2D eigenvalue weighted by atomic mass is 10.1. The Morgan fingerprint density at radius 2 is 1.62 bits per heavy atom. The molecule has 0 fully saturated rings. The maximum atomic E-state index is 12.3. The predicted molar refractivity (Wildman–Crippen MR) is 116 cm³/mol. The van der Waals surface area contributed by atoms with Crippen molar-refractivity contribution in [3.63, 3.8) is 0 Å². The van der Waals surface area contributed by atoms with Crippen molar-refractivity contribution in [3.05, 3.63) is 54.1 Å². The summed E-state index contributed by atoms with van der Waals surface area (Å²) in [5.74, 6) is -0.881. The van der Waals surface area contributed by atoms with Crippen LogP contribution < -0.4 is 20.3 Å². The molecule has 2 amide bonds. The van der Waals surface area contributed by atoms with Crippen LogP contribution in [-0.2, 0) is 9.59 Å². The average molecular weight is 399 g/mol. The quantitative estimate of drug-likeness (QED) is 0.669. The summed E-state index contributed by atoms with van der Waals surface area (Å²) < 4.78 is 5.47. The standard InChI is InChI=1S/C22H30N4O3/c1-6-29-20-10-8-7-9-18(20)24-22(28)21(27)23-15-19(26(4)5)16-11-13-17(14-12-16)25(2)3/h7-14,19H,6,15H2,1-5H3,(H,23,27)(H,24,28)/t19-/m0/s1. The molecule has 7 nitrogen and oxygen atoms in total. The summed E-state index contributed by atoms with van der Waals surface area (Å²) in [6.07, 6.45) is 0. The topological polar surface area (TPSA) is 73.9 Å². The Labute approximate surface area is 172 Å². The number of nitrogens with zero attached hydrogens (tertiary/aromatic N) is 2. The molecule has 156 valence electrons. The van der Waals surface area contributed by atoms with Crippen molar-refractivity contribution < 1.29 is 14.3 Å². The molecule has 29 heavy (non-hydrogen) atoms. The van der Waals surface area contributed by atoms with Crippen molar-refractivity contribution in [1.82, 2.24) is 10.2 Å². The first-order valence-electron chi connectivity index (χ1n) is 9.58. The van der Waals surface area contributed by atoms with E-state index in [0.717, 1.165) is 11.3 Å². The van der Waals surface area contributed by atoms with Gasteiger partial charge in [0.25, 0.3) is 0 Å². The Kier molecular flexibility index (Phi) is 8.03. The maximum absolute atomic E-state index is 12.3. The van der Waals surface area contributed by atoms with Crippen LogP contribution in [0.4, 0.5) is 11.4 Å². The maximum Gasteiger partial charge on any atom is 0.313 e. The molecule has 0 aliphatic carbocycles. The van der Waals surface area contributed by atoms with Gasteiger partial charge in [-0.15, -0.1) is 0 Å². The Morgan fingerprint density at radius 1 is 0.966 bits per heavy atom. The zero-order valence-corrected chi connectivity index (χ0v) is 17.7. The van der Waals surface area contributed by atoms with Gasteiger partial charge in [0, 0.05) is 26.3 Å². The zero-order chi connectivity index (χ0) is 21.4. The molecule has 7 heteroatoms. The highest BCUT2D eigenvalue weighted by atomic mass is 16.5. The van der Waals surface area contributed by atoms with Gasteiger partial charge in [0.2, 0.25) is 0 Å². The normalized spacial score (nSPS) is 11.7. The largest absolute Gasteiger partial charge is 0.492 e. The summed E-state index contributed by atoms with van der Waals surface area (Å²) in [6, 6.07) is 15.1. The van der Waals surface area contributed by atoms with Gasteiger partial charge in [0.15, 0.2) is 0 Å². The van der Waals surface area contributed by atoms with Crippen LogP contribution >= 0.6 is 0 Å². The number of benzene rings is 2. The number of rotatable bonds is 8. The number of carbonyl (C=O) groups excluding carboxylic acids is 2. The van der Waals surface area contributed by atoms with Gasteiger partial charge in [-0.3, -0.25) is 9.59 Å². The molecule has 0 heterocycles. The Balaban J connectivity index is 2.00. The lowest BCUT2D eigenvalue weighted by molar-refractivity contribution is -0.136. The van der Waals surface area contributed by atoms with Gasteiger partial charge in [-0.1, -0.05) is 24.3 Å². The van der Waals surface area contributed by atoms with Crippen LogP contribution in [0.15, 0.2) is 48.5 Å². The van der Waals surface area contributed by atoms with E-state index in [-0.39, 0.29) is 6.04 Å². The number of likely N-dealkylation sites (N-methyl/N-ethyl adjacent to an activating group) is 1. The van der Waals surface area contributed by atoms with Crippen molar-refractivity contribution >= 4 is 23.2 Å². The number of ether oxygens (including phenoxy) is 1. The monoisotopic (exact) mass is 398 g/mol. The Bertz CT molecular complexity index is 819. The molecule has 0 saturated carbocycles. The summed E-state index contributed by atoms with van der Waals surface area (Å²) in [5.41, 5.74) is 2.63. The SMILES string of the molecule is CCOc1ccccc1NC(=O)C(=O)NC[C@@H](c1ccc(N(C)C)cc1)N(C)C. The molecule has 0 aliphatic rings. The van der Waals surface area contributed by atoms with Crippen LogP contribution in [0.2, 0.25) is 0 Å². The van der Waals surface area contributed by atoms with Gasteiger partial charge in [-0.05, 0) is 50.8 Å². The van der Waals surface area contributed by atoms with E-state index in [0.29, 0.717) is 24.6 Å². The lowest BCUT2D eigenvalue weighted by Crippen LogP contribution is -2.40. The third kappa shape index (κ3) is 6.22. The summed E-state index contributed by atoms with van der Waals surface area (Å²) in [7, 11) is 7.85. The van der Waals surface area contributed by atoms with E-state index < -0.39 is 11.8 Å². The molecule has 0 aromatic heterocycles. The predicted octanol–water partition coefficient (Wildman–Crippen LogP) is 2.51. The minimum Gasteiger partial charge on any atom is -0.492 e. The van der Waals surface area contributed by atoms with Crippen molar-refractivity contribution in [2.75, 3.05) is 51.6 Å². The minimum absolute atomic E-state index is 0.0568. The molecule has 2 N–H and O–H groups in total. The average Bonchev–Trinajstić information content (AvgIpc) is 2.69. The molecule has 2 aromatic rings. The fourth-order valence-electron chi connectivity index (χ4n) is 2.89. The molecular weight excluding hydrogens is 368 g/mol. The fraction of sp³-hybridized carbons (Fsp3) is 0.364. The first kappa shape index (κ1) is 22.2. The Morgan fingerprint density at radius 3 is 2.21 bits per heavy atom. The van der Waals surface area contributed by atoms with Gasteiger partial charge >= 0.3 is 11.8 Å². The smallest absolute Gasteiger partial charge is 0.313 e. The number of amides is 2. The van der Waals surface area contributed by atoms with Gasteiger partial charge < -0.3 is 25.2 Å². The highest BCUT2D eigenvalue weighted by Gasteiger charge is 2.20. The number of carbonyl (C=O) groups is 2. The second-order valence-electron chi connectivity index (χ2n) is 7.06. The number of anilines is 2. The van der Waals surface area contributed by atoms with Gasteiger partial charge in [-0.2, -0.15) is 0 Å². The molecule has 2 rings (SSSR count). The van der Waals surface area contributed by atoms with Crippen LogP contribution in [0.1, 0.15) is 18.5 Å². The van der Waals surface area contributed by atoms with Crippen LogP contribution in [0.25, 0.3) is 0 Å². The van der Waals surface area contributed by atoms with Gasteiger partial charge in [0.05, 0.1) is 18.3 Å². The van der Waals surface area contributed by atoms with E-state index in [1.54, 1.807) is 18.2 Å². The van der Waals surface area contributed by atoms with Crippen molar-refractivity contribution in [3.8, 4) is 5.75 Å². The van der Waals surface area contributed by atoms with E-state index in [1.165, 1.54) is 0 Å². The van der Waals surface area contributed by atoms with Gasteiger partial charge in [0.1, 0.15) is 5.75 Å². The van der Waals surface area contributed by atoms with E-state index in [1.807, 2.05) is 75.2 Å². The lowest BCUT2D eigenvalue weighted by Gasteiger charge is -2.25. The van der Waals surface area contributed by atoms with E-state index in [2.05, 4.69) is 10.6 Å². The molecule has 0 aliphatic heterocycles. The molecule has 0 unspecified atom stereocenters. The molecule has 0 spiro atoms. The number of hydrogen-bond donors (Lipinski definition) is 2. The molecule has 0 radical (unpaired) electrons. The van der Waals surface area contributed by atoms with E-state index >= 15 is 0 Å². The van der Waals surface area contributed by atoms with Crippen LogP contribution in [0, 0.1) is 0 Å². The van der Waals surface area contributed by atoms with Gasteiger partial charge in [-0.25, -0.2) is 0 Å². The molecular formula is C22H30N4O3. The highest BCUT2D eigenvalue weighted by molar-refractivity contribution is 6.39. The second-order valence-corrected chi connectivity index (χ2v) is 7.06. The molecule has 1 atom stereocenters. The Hall–Kier alpha value is -3.06. The summed E-state index contributed by atoms with van der Waals surface area (Å²) in [4.78, 5) is 28.7. The summed E-state index contributed by atoms with van der Waals surface area (Å²) in [6.45, 7) is 2.64. The van der Waals surface area contributed by atoms with Crippen molar-refractivity contribution in [2.45, 2.75) is 13.0 Å². The summed E-state index contributed by atoms with van der Waals surface area (Å²) in [5, 5.41) is 5.34. The summed E-state index contributed by atoms with van der Waals surface area (Å²) >= 11 is 0. The number of nitrogens with one attached hydrogen (secondary N) is 2. The molecule has 0 saturated heterocycles. The molecule has 2 aromatic carbocycles. The minimum atomic E-state index is -0.724.